The van der Waals surface area contributed by atoms with E-state index in [9.17, 15) is 13.2 Å². The standard InChI is InChI=1S/C23H30N2O3S/c1-16(15-18-7-11-20(12-8-18)23(3,4)5)22(26)24-17(2)19-9-13-21(14-10-19)25-29(6,27)28/h7-15,17,25H,1-6H3,(H,24,26)/t17-/m1/s1. The van der Waals surface area contributed by atoms with Crippen LogP contribution in [0.1, 0.15) is 57.4 Å². The summed E-state index contributed by atoms with van der Waals surface area (Å²) in [6.07, 6.45) is 2.98. The topological polar surface area (TPSA) is 75.3 Å². The van der Waals surface area contributed by atoms with Gasteiger partial charge in [0.15, 0.2) is 0 Å². The number of benzene rings is 2. The predicted molar refractivity (Wildman–Crippen MR) is 120 cm³/mol. The van der Waals surface area contributed by atoms with Crippen molar-refractivity contribution in [3.05, 3.63) is 70.8 Å². The van der Waals surface area contributed by atoms with Gasteiger partial charge in [-0.05, 0) is 54.2 Å². The highest BCUT2D eigenvalue weighted by Gasteiger charge is 2.14. The van der Waals surface area contributed by atoms with Crippen molar-refractivity contribution in [2.24, 2.45) is 0 Å². The van der Waals surface area contributed by atoms with E-state index in [1.54, 1.807) is 31.2 Å². The third-order valence-corrected chi connectivity index (χ3v) is 5.19. The van der Waals surface area contributed by atoms with Gasteiger partial charge in [0.2, 0.25) is 15.9 Å². The smallest absolute Gasteiger partial charge is 0.247 e. The quantitative estimate of drug-likeness (QED) is 0.677. The van der Waals surface area contributed by atoms with Crippen LogP contribution < -0.4 is 10.0 Å². The number of sulfonamides is 1. The first kappa shape index (κ1) is 22.7. The van der Waals surface area contributed by atoms with Crippen molar-refractivity contribution in [1.82, 2.24) is 5.32 Å². The summed E-state index contributed by atoms with van der Waals surface area (Å²) >= 11 is 0. The maximum atomic E-state index is 12.5. The Labute approximate surface area is 174 Å². The van der Waals surface area contributed by atoms with Gasteiger partial charge in [-0.2, -0.15) is 0 Å². The Morgan fingerprint density at radius 1 is 1.00 bits per heavy atom. The lowest BCUT2D eigenvalue weighted by atomic mass is 9.86. The Hall–Kier alpha value is -2.60. The monoisotopic (exact) mass is 414 g/mol. The zero-order valence-corrected chi connectivity index (χ0v) is 18.7. The van der Waals surface area contributed by atoms with Gasteiger partial charge in [-0.25, -0.2) is 8.42 Å². The molecule has 1 atom stereocenters. The number of amides is 1. The van der Waals surface area contributed by atoms with E-state index >= 15 is 0 Å². The molecule has 2 aromatic carbocycles. The van der Waals surface area contributed by atoms with Crippen LogP contribution in [-0.2, 0) is 20.2 Å². The molecule has 0 aliphatic carbocycles. The van der Waals surface area contributed by atoms with E-state index in [2.05, 4.69) is 42.9 Å². The molecule has 0 aliphatic rings. The summed E-state index contributed by atoms with van der Waals surface area (Å²) in [7, 11) is -3.31. The first-order chi connectivity index (χ1) is 13.3. The zero-order valence-electron chi connectivity index (χ0n) is 17.9. The van der Waals surface area contributed by atoms with Gasteiger partial charge in [0.05, 0.1) is 12.3 Å². The van der Waals surface area contributed by atoms with Crippen LogP contribution in [0.5, 0.6) is 0 Å². The van der Waals surface area contributed by atoms with E-state index in [0.29, 0.717) is 11.3 Å². The predicted octanol–water partition coefficient (Wildman–Crippen LogP) is 4.64. The van der Waals surface area contributed by atoms with E-state index in [1.165, 1.54) is 5.56 Å². The van der Waals surface area contributed by atoms with E-state index in [4.69, 9.17) is 0 Å². The highest BCUT2D eigenvalue weighted by molar-refractivity contribution is 7.92. The Bertz CT molecular complexity index is 984. The number of carbonyl (C=O) groups excluding carboxylic acids is 1. The second kappa shape index (κ2) is 8.82. The van der Waals surface area contributed by atoms with Gasteiger partial charge >= 0.3 is 0 Å². The minimum atomic E-state index is -3.31. The van der Waals surface area contributed by atoms with Crippen molar-refractivity contribution in [2.75, 3.05) is 11.0 Å². The van der Waals surface area contributed by atoms with Gasteiger partial charge in [0.1, 0.15) is 0 Å². The second-order valence-electron chi connectivity index (χ2n) is 8.39. The third kappa shape index (κ3) is 7.06. The van der Waals surface area contributed by atoms with Crippen LogP contribution in [0.15, 0.2) is 54.1 Å². The minimum absolute atomic E-state index is 0.0937. The maximum Gasteiger partial charge on any atom is 0.247 e. The summed E-state index contributed by atoms with van der Waals surface area (Å²) in [5.74, 6) is -0.143. The molecule has 0 aromatic heterocycles. The largest absolute Gasteiger partial charge is 0.346 e. The molecule has 0 radical (unpaired) electrons. The first-order valence-corrected chi connectivity index (χ1v) is 11.4. The van der Waals surface area contributed by atoms with Gasteiger partial charge in [-0.1, -0.05) is 57.2 Å². The van der Waals surface area contributed by atoms with E-state index in [1.807, 2.05) is 25.1 Å². The Balaban J connectivity index is 2.03. The van der Waals surface area contributed by atoms with Crippen LogP contribution in [0.4, 0.5) is 5.69 Å². The Morgan fingerprint density at radius 3 is 2.03 bits per heavy atom. The fraction of sp³-hybridized carbons (Fsp3) is 0.348. The van der Waals surface area contributed by atoms with Gasteiger partial charge in [-0.15, -0.1) is 0 Å². The highest BCUT2D eigenvalue weighted by atomic mass is 32.2. The molecule has 2 aromatic rings. The molecular weight excluding hydrogens is 384 g/mol. The molecule has 0 aliphatic heterocycles. The molecule has 2 N–H and O–H groups in total. The molecule has 1 amide bonds. The van der Waals surface area contributed by atoms with E-state index in [0.717, 1.165) is 17.4 Å². The van der Waals surface area contributed by atoms with Crippen molar-refractivity contribution in [3.8, 4) is 0 Å². The number of anilines is 1. The summed E-state index contributed by atoms with van der Waals surface area (Å²) in [6, 6.07) is 15.0. The van der Waals surface area contributed by atoms with E-state index < -0.39 is 10.0 Å². The molecule has 29 heavy (non-hydrogen) atoms. The molecule has 0 bridgehead atoms. The maximum absolute atomic E-state index is 12.5. The first-order valence-electron chi connectivity index (χ1n) is 9.52. The number of hydrogen-bond acceptors (Lipinski definition) is 3. The molecule has 2 rings (SSSR count). The van der Waals surface area contributed by atoms with Crippen molar-refractivity contribution in [1.29, 1.82) is 0 Å². The molecule has 0 saturated carbocycles. The van der Waals surface area contributed by atoms with Crippen LogP contribution >= 0.6 is 0 Å². The molecule has 6 heteroatoms. The van der Waals surface area contributed by atoms with Crippen LogP contribution in [0, 0.1) is 0 Å². The fourth-order valence-corrected chi connectivity index (χ4v) is 3.41. The lowest BCUT2D eigenvalue weighted by Crippen LogP contribution is -2.27. The van der Waals surface area contributed by atoms with Crippen molar-refractivity contribution < 1.29 is 13.2 Å². The molecule has 0 unspecified atom stereocenters. The second-order valence-corrected chi connectivity index (χ2v) is 10.1. The number of hydrogen-bond donors (Lipinski definition) is 2. The normalized spacial score (nSPS) is 13.7. The number of carbonyl (C=O) groups is 1. The summed E-state index contributed by atoms with van der Waals surface area (Å²) < 4.78 is 25.0. The lowest BCUT2D eigenvalue weighted by molar-refractivity contribution is -0.118. The average Bonchev–Trinajstić information content (AvgIpc) is 2.60. The minimum Gasteiger partial charge on any atom is -0.346 e. The van der Waals surface area contributed by atoms with Gasteiger partial charge in [0.25, 0.3) is 0 Å². The molecule has 5 nitrogen and oxygen atoms in total. The molecule has 156 valence electrons. The molecule has 0 saturated heterocycles. The highest BCUT2D eigenvalue weighted by Crippen LogP contribution is 2.23. The van der Waals surface area contributed by atoms with Crippen LogP contribution in [0.3, 0.4) is 0 Å². The van der Waals surface area contributed by atoms with Crippen molar-refractivity contribution in [2.45, 2.75) is 46.1 Å². The molecule has 0 fully saturated rings. The van der Waals surface area contributed by atoms with Crippen molar-refractivity contribution in [3.63, 3.8) is 0 Å². The Morgan fingerprint density at radius 2 is 1.55 bits per heavy atom. The van der Waals surface area contributed by atoms with Gasteiger partial charge < -0.3 is 5.32 Å². The lowest BCUT2D eigenvalue weighted by Gasteiger charge is -2.19. The summed E-state index contributed by atoms with van der Waals surface area (Å²) in [5.41, 5.74) is 4.32. The number of rotatable bonds is 6. The van der Waals surface area contributed by atoms with Gasteiger partial charge in [0, 0.05) is 11.3 Å². The molecule has 0 heterocycles. The summed E-state index contributed by atoms with van der Waals surface area (Å²) in [4.78, 5) is 12.5. The summed E-state index contributed by atoms with van der Waals surface area (Å²) in [6.45, 7) is 10.2. The number of nitrogens with one attached hydrogen (secondary N) is 2. The third-order valence-electron chi connectivity index (χ3n) is 4.58. The fourth-order valence-electron chi connectivity index (χ4n) is 2.84. The van der Waals surface area contributed by atoms with Crippen LogP contribution in [0.25, 0.3) is 6.08 Å². The van der Waals surface area contributed by atoms with Crippen molar-refractivity contribution >= 4 is 27.7 Å². The van der Waals surface area contributed by atoms with Crippen LogP contribution in [-0.4, -0.2) is 20.6 Å². The molecule has 0 spiro atoms. The summed E-state index contributed by atoms with van der Waals surface area (Å²) in [5, 5.41) is 2.97. The van der Waals surface area contributed by atoms with E-state index in [-0.39, 0.29) is 17.4 Å². The average molecular weight is 415 g/mol. The van der Waals surface area contributed by atoms with Gasteiger partial charge in [-0.3, -0.25) is 9.52 Å². The SMILES string of the molecule is CC(=Cc1ccc(C(C)(C)C)cc1)C(=O)N[C@H](C)c1ccc(NS(C)(=O)=O)cc1. The zero-order chi connectivity index (χ0) is 21.8. The molecular formula is C23H30N2O3S. The Kier molecular flexibility index (Phi) is 6.90. The van der Waals surface area contributed by atoms with Crippen LogP contribution in [0.2, 0.25) is 0 Å².